The molecule has 0 aliphatic carbocycles. The Kier molecular flexibility index (Phi) is 4.30. The smallest absolute Gasteiger partial charge is 0.316 e. The normalized spacial score (nSPS) is 13.4. The quantitative estimate of drug-likeness (QED) is 0.811. The fourth-order valence-electron chi connectivity index (χ4n) is 2.59. The summed E-state index contributed by atoms with van der Waals surface area (Å²) in [4.78, 5) is 21.0. The number of fused-ring (bicyclic) bond motifs is 1. The van der Waals surface area contributed by atoms with Crippen LogP contribution in [0.4, 0.5) is 0 Å². The molecule has 1 atom stereocenters. The minimum absolute atomic E-state index is 0.175. The number of rotatable bonds is 4. The highest BCUT2D eigenvalue weighted by atomic mass is 16.5. The van der Waals surface area contributed by atoms with Crippen molar-refractivity contribution in [2.75, 3.05) is 6.61 Å². The molecule has 0 aromatic carbocycles. The summed E-state index contributed by atoms with van der Waals surface area (Å²) in [6, 6.07) is 1.94. The van der Waals surface area contributed by atoms with Gasteiger partial charge < -0.3 is 9.30 Å². The average molecular weight is 289 g/mol. The zero-order valence-corrected chi connectivity index (χ0v) is 13.4. The first-order valence-corrected chi connectivity index (χ1v) is 7.39. The zero-order chi connectivity index (χ0) is 15.6. The maximum atomic E-state index is 12.2. The number of ether oxygens (including phenoxy) is 1. The minimum atomic E-state index is -0.350. The number of imidazole rings is 1. The molecule has 2 aromatic rings. The van der Waals surface area contributed by atoms with E-state index in [1.165, 1.54) is 0 Å². The van der Waals surface area contributed by atoms with E-state index in [0.29, 0.717) is 13.0 Å². The molecule has 2 heterocycles. The van der Waals surface area contributed by atoms with Gasteiger partial charge in [-0.05, 0) is 40.2 Å². The first-order chi connectivity index (χ1) is 9.90. The van der Waals surface area contributed by atoms with Gasteiger partial charge >= 0.3 is 5.97 Å². The van der Waals surface area contributed by atoms with Crippen LogP contribution in [0.3, 0.4) is 0 Å². The van der Waals surface area contributed by atoms with Crippen molar-refractivity contribution < 1.29 is 9.53 Å². The molecular weight excluding hydrogens is 266 g/mol. The van der Waals surface area contributed by atoms with E-state index in [9.17, 15) is 4.79 Å². The van der Waals surface area contributed by atoms with Crippen LogP contribution in [0.1, 0.15) is 52.8 Å². The van der Waals surface area contributed by atoms with Crippen molar-refractivity contribution in [2.45, 2.75) is 52.5 Å². The molecule has 0 fully saturated rings. The number of aromatic nitrogens is 3. The van der Waals surface area contributed by atoms with Crippen molar-refractivity contribution in [3.63, 3.8) is 0 Å². The van der Waals surface area contributed by atoms with Gasteiger partial charge in [-0.1, -0.05) is 6.92 Å². The van der Waals surface area contributed by atoms with E-state index in [0.717, 1.165) is 16.9 Å². The zero-order valence-electron chi connectivity index (χ0n) is 13.4. The molecule has 5 heteroatoms. The van der Waals surface area contributed by atoms with Gasteiger partial charge in [-0.25, -0.2) is 4.98 Å². The molecule has 0 amide bonds. The third-order valence-corrected chi connectivity index (χ3v) is 3.44. The number of pyridine rings is 1. The second kappa shape index (κ2) is 5.84. The highest BCUT2D eigenvalue weighted by molar-refractivity contribution is 5.81. The molecule has 0 aliphatic heterocycles. The molecule has 0 bridgehead atoms. The van der Waals surface area contributed by atoms with Gasteiger partial charge in [0.1, 0.15) is 17.3 Å². The van der Waals surface area contributed by atoms with Crippen LogP contribution in [0.2, 0.25) is 0 Å². The lowest BCUT2D eigenvalue weighted by Crippen LogP contribution is -2.28. The standard InChI is InChI=1S/C16H23N3O2/c1-6-11(15(20)21-7-2)14-18-12-10-17-9-8-13(12)19(14)16(3,4)5/h8-11H,6-7H2,1-5H3. The van der Waals surface area contributed by atoms with E-state index in [1.807, 2.05) is 19.9 Å². The van der Waals surface area contributed by atoms with Gasteiger partial charge in [0.2, 0.25) is 0 Å². The summed E-state index contributed by atoms with van der Waals surface area (Å²) in [5.41, 5.74) is 1.63. The molecule has 0 spiro atoms. The highest BCUT2D eigenvalue weighted by Crippen LogP contribution is 2.30. The van der Waals surface area contributed by atoms with Gasteiger partial charge in [-0.15, -0.1) is 0 Å². The van der Waals surface area contributed by atoms with Gasteiger partial charge in [0.05, 0.1) is 18.3 Å². The monoisotopic (exact) mass is 289 g/mol. The van der Waals surface area contributed by atoms with E-state index in [2.05, 4.69) is 35.3 Å². The minimum Gasteiger partial charge on any atom is -0.465 e. The third-order valence-electron chi connectivity index (χ3n) is 3.44. The van der Waals surface area contributed by atoms with Crippen LogP contribution in [0.15, 0.2) is 18.5 Å². The van der Waals surface area contributed by atoms with E-state index >= 15 is 0 Å². The highest BCUT2D eigenvalue weighted by Gasteiger charge is 2.30. The number of esters is 1. The second-order valence-electron chi connectivity index (χ2n) is 6.05. The fraction of sp³-hybridized carbons (Fsp3) is 0.562. The molecule has 0 saturated carbocycles. The summed E-state index contributed by atoms with van der Waals surface area (Å²) < 4.78 is 7.33. The van der Waals surface area contributed by atoms with Gasteiger partial charge in [0, 0.05) is 11.7 Å². The molecule has 2 aromatic heterocycles. The first-order valence-electron chi connectivity index (χ1n) is 7.39. The molecule has 1 unspecified atom stereocenters. The Morgan fingerprint density at radius 3 is 2.67 bits per heavy atom. The average Bonchev–Trinajstić information content (AvgIpc) is 2.78. The Bertz CT molecular complexity index is 640. The summed E-state index contributed by atoms with van der Waals surface area (Å²) >= 11 is 0. The van der Waals surface area contributed by atoms with Crippen LogP contribution >= 0.6 is 0 Å². The maximum absolute atomic E-state index is 12.2. The summed E-state index contributed by atoms with van der Waals surface area (Å²) in [5, 5.41) is 0. The van der Waals surface area contributed by atoms with Crippen molar-refractivity contribution in [2.24, 2.45) is 0 Å². The van der Waals surface area contributed by atoms with Crippen LogP contribution in [-0.4, -0.2) is 27.1 Å². The van der Waals surface area contributed by atoms with Crippen LogP contribution in [-0.2, 0) is 15.1 Å². The Morgan fingerprint density at radius 1 is 1.38 bits per heavy atom. The third kappa shape index (κ3) is 2.91. The Labute approximate surface area is 125 Å². The fourth-order valence-corrected chi connectivity index (χ4v) is 2.59. The van der Waals surface area contributed by atoms with E-state index in [4.69, 9.17) is 4.74 Å². The summed E-state index contributed by atoms with van der Waals surface area (Å²) in [6.45, 7) is 10.5. The number of carbonyl (C=O) groups is 1. The summed E-state index contributed by atoms with van der Waals surface area (Å²) in [6.07, 6.45) is 4.14. The topological polar surface area (TPSA) is 57.0 Å². The largest absolute Gasteiger partial charge is 0.465 e. The van der Waals surface area contributed by atoms with Crippen molar-refractivity contribution >= 4 is 17.0 Å². The molecule has 0 N–H and O–H groups in total. The number of nitrogens with zero attached hydrogens (tertiary/aromatic N) is 3. The SMILES string of the molecule is CCOC(=O)C(CC)c1nc2cnccc2n1C(C)(C)C. The maximum Gasteiger partial charge on any atom is 0.316 e. The number of hydrogen-bond donors (Lipinski definition) is 0. The Balaban J connectivity index is 2.64. The predicted molar refractivity (Wildman–Crippen MR) is 82.2 cm³/mol. The second-order valence-corrected chi connectivity index (χ2v) is 6.05. The van der Waals surface area contributed by atoms with Crippen molar-refractivity contribution in [1.29, 1.82) is 0 Å². The Hall–Kier alpha value is -1.91. The summed E-state index contributed by atoms with van der Waals surface area (Å²) in [7, 11) is 0. The van der Waals surface area contributed by atoms with Crippen molar-refractivity contribution in [3.05, 3.63) is 24.3 Å². The molecule has 21 heavy (non-hydrogen) atoms. The lowest BCUT2D eigenvalue weighted by Gasteiger charge is -2.26. The van der Waals surface area contributed by atoms with Crippen molar-refractivity contribution in [3.8, 4) is 0 Å². The van der Waals surface area contributed by atoms with Crippen LogP contribution in [0, 0.1) is 0 Å². The van der Waals surface area contributed by atoms with Crippen LogP contribution in [0.5, 0.6) is 0 Å². The Morgan fingerprint density at radius 2 is 2.10 bits per heavy atom. The van der Waals surface area contributed by atoms with Gasteiger partial charge in [0.15, 0.2) is 0 Å². The van der Waals surface area contributed by atoms with Gasteiger partial charge in [0.25, 0.3) is 0 Å². The molecule has 2 rings (SSSR count). The number of carbonyl (C=O) groups excluding carboxylic acids is 1. The van der Waals surface area contributed by atoms with Crippen LogP contribution < -0.4 is 0 Å². The molecule has 5 nitrogen and oxygen atoms in total. The van der Waals surface area contributed by atoms with Crippen LogP contribution in [0.25, 0.3) is 11.0 Å². The molecule has 114 valence electrons. The molecule has 0 aliphatic rings. The van der Waals surface area contributed by atoms with E-state index in [-0.39, 0.29) is 17.4 Å². The molecule has 0 radical (unpaired) electrons. The van der Waals surface area contributed by atoms with Gasteiger partial charge in [-0.3, -0.25) is 9.78 Å². The van der Waals surface area contributed by atoms with Crippen molar-refractivity contribution in [1.82, 2.24) is 14.5 Å². The lowest BCUT2D eigenvalue weighted by atomic mass is 10.0. The summed E-state index contributed by atoms with van der Waals surface area (Å²) in [5.74, 6) is 0.191. The van der Waals surface area contributed by atoms with E-state index in [1.54, 1.807) is 12.4 Å². The predicted octanol–water partition coefficient (Wildman–Crippen LogP) is 3.24. The first kappa shape index (κ1) is 15.5. The molecule has 0 saturated heterocycles. The molecular formula is C16H23N3O2. The van der Waals surface area contributed by atoms with E-state index < -0.39 is 0 Å². The number of hydrogen-bond acceptors (Lipinski definition) is 4. The lowest BCUT2D eigenvalue weighted by molar-refractivity contribution is -0.145. The van der Waals surface area contributed by atoms with Gasteiger partial charge in [-0.2, -0.15) is 0 Å².